The molecule has 9 heteroatoms. The monoisotopic (exact) mass is 514 g/mol. The summed E-state index contributed by atoms with van der Waals surface area (Å²) in [5, 5.41) is 24.2. The number of aryl methyl sites for hydroxylation is 1. The molecule has 0 aliphatic heterocycles. The molecule has 0 aliphatic carbocycles. The van der Waals surface area contributed by atoms with Crippen LogP contribution in [0.4, 0.5) is 5.69 Å². The van der Waals surface area contributed by atoms with Crippen molar-refractivity contribution < 1.29 is 28.1 Å². The van der Waals surface area contributed by atoms with E-state index in [0.717, 1.165) is 11.8 Å². The molecule has 0 saturated heterocycles. The van der Waals surface area contributed by atoms with E-state index in [2.05, 4.69) is 29.1 Å². The highest BCUT2D eigenvalue weighted by molar-refractivity contribution is 7.92. The van der Waals surface area contributed by atoms with Gasteiger partial charge in [-0.3, -0.25) is 4.72 Å². The van der Waals surface area contributed by atoms with Gasteiger partial charge in [-0.05, 0) is 66.3 Å². The van der Waals surface area contributed by atoms with Crippen LogP contribution in [0, 0.1) is 6.92 Å². The van der Waals surface area contributed by atoms with Gasteiger partial charge >= 0.3 is 0 Å². The highest BCUT2D eigenvalue weighted by atomic mass is 32.2. The van der Waals surface area contributed by atoms with Crippen molar-refractivity contribution in [3.8, 4) is 17.2 Å². The third-order valence-electron chi connectivity index (χ3n) is 5.92. The van der Waals surface area contributed by atoms with E-state index in [1.54, 1.807) is 20.3 Å². The van der Waals surface area contributed by atoms with Gasteiger partial charge in [-0.15, -0.1) is 0 Å². The predicted molar refractivity (Wildman–Crippen MR) is 141 cm³/mol. The van der Waals surface area contributed by atoms with Crippen LogP contribution in [0.15, 0.2) is 60.7 Å². The van der Waals surface area contributed by atoms with Gasteiger partial charge in [0, 0.05) is 12.6 Å². The number of phenols is 1. The lowest BCUT2D eigenvalue weighted by molar-refractivity contribution is 0.167. The van der Waals surface area contributed by atoms with Crippen molar-refractivity contribution in [1.29, 1.82) is 0 Å². The maximum Gasteiger partial charge on any atom is 0.229 e. The van der Waals surface area contributed by atoms with Crippen LogP contribution in [-0.4, -0.2) is 51.8 Å². The second-order valence-corrected chi connectivity index (χ2v) is 10.5. The van der Waals surface area contributed by atoms with Gasteiger partial charge in [0.25, 0.3) is 0 Å². The zero-order chi connectivity index (χ0) is 26.3. The number of hydrogen-bond acceptors (Lipinski definition) is 7. The van der Waals surface area contributed by atoms with Crippen molar-refractivity contribution in [2.45, 2.75) is 31.9 Å². The fourth-order valence-corrected chi connectivity index (χ4v) is 4.61. The summed E-state index contributed by atoms with van der Waals surface area (Å²) in [6.07, 6.45) is 1.24. The molecule has 0 heterocycles. The molecule has 0 aliphatic rings. The minimum absolute atomic E-state index is 0.0814. The standard InChI is InChI=1S/C27H34N2O6S/c1-18-7-5-6-8-20(18)15-23(21-10-12-26(34-2)27(16-21)35-3)28-17-22(30)13-19-9-11-25(31)24(14-19)29-36(4,32)33/h5-12,14,16,22-23,28-31H,13,15,17H2,1-4H3/t22-,23+/m0/s1. The Bertz CT molecular complexity index is 1280. The molecule has 0 radical (unpaired) electrons. The number of methoxy groups -OCH3 is 2. The van der Waals surface area contributed by atoms with Crippen LogP contribution >= 0.6 is 0 Å². The fraction of sp³-hybridized carbons (Fsp3) is 0.333. The van der Waals surface area contributed by atoms with Crippen LogP contribution in [-0.2, 0) is 22.9 Å². The van der Waals surface area contributed by atoms with Crippen molar-refractivity contribution in [3.63, 3.8) is 0 Å². The van der Waals surface area contributed by atoms with Crippen molar-refractivity contribution in [2.75, 3.05) is 31.7 Å². The second-order valence-electron chi connectivity index (χ2n) is 8.79. The zero-order valence-corrected chi connectivity index (χ0v) is 21.8. The number of aromatic hydroxyl groups is 1. The molecule has 0 spiro atoms. The molecular weight excluding hydrogens is 480 g/mol. The summed E-state index contributed by atoms with van der Waals surface area (Å²) >= 11 is 0. The van der Waals surface area contributed by atoms with E-state index in [4.69, 9.17) is 9.47 Å². The summed E-state index contributed by atoms with van der Waals surface area (Å²) < 4.78 is 36.3. The summed E-state index contributed by atoms with van der Waals surface area (Å²) in [5.41, 5.74) is 4.13. The number of aliphatic hydroxyl groups is 1. The first-order chi connectivity index (χ1) is 17.1. The number of sulfonamides is 1. The predicted octanol–water partition coefficient (Wildman–Crippen LogP) is 3.57. The Morgan fingerprint density at radius 3 is 2.33 bits per heavy atom. The van der Waals surface area contributed by atoms with Gasteiger partial charge in [-0.25, -0.2) is 8.42 Å². The maximum absolute atomic E-state index is 11.6. The van der Waals surface area contributed by atoms with Crippen molar-refractivity contribution in [2.24, 2.45) is 0 Å². The van der Waals surface area contributed by atoms with E-state index in [1.165, 1.54) is 23.3 Å². The summed E-state index contributed by atoms with van der Waals surface area (Å²) in [7, 11) is -0.354. The highest BCUT2D eigenvalue weighted by Crippen LogP contribution is 2.31. The summed E-state index contributed by atoms with van der Waals surface area (Å²) in [4.78, 5) is 0. The summed E-state index contributed by atoms with van der Waals surface area (Å²) in [6, 6.07) is 18.4. The summed E-state index contributed by atoms with van der Waals surface area (Å²) in [6.45, 7) is 2.36. The van der Waals surface area contributed by atoms with Crippen LogP contribution in [0.25, 0.3) is 0 Å². The van der Waals surface area contributed by atoms with E-state index in [9.17, 15) is 18.6 Å². The van der Waals surface area contributed by atoms with Gasteiger partial charge in [0.1, 0.15) is 5.75 Å². The van der Waals surface area contributed by atoms with E-state index in [0.29, 0.717) is 30.0 Å². The molecule has 4 N–H and O–H groups in total. The van der Waals surface area contributed by atoms with Gasteiger partial charge in [0.2, 0.25) is 10.0 Å². The van der Waals surface area contributed by atoms with Crippen molar-refractivity contribution in [3.05, 3.63) is 82.9 Å². The lowest BCUT2D eigenvalue weighted by atomic mass is 9.95. The molecule has 0 aromatic heterocycles. The number of benzene rings is 3. The lowest BCUT2D eigenvalue weighted by Gasteiger charge is -2.23. The maximum atomic E-state index is 11.6. The molecule has 194 valence electrons. The molecule has 3 aromatic carbocycles. The van der Waals surface area contributed by atoms with Gasteiger partial charge < -0.3 is 25.0 Å². The Labute approximate surface area is 213 Å². The van der Waals surface area contributed by atoms with Crippen molar-refractivity contribution >= 4 is 15.7 Å². The average molecular weight is 515 g/mol. The fourth-order valence-electron chi connectivity index (χ4n) is 4.05. The van der Waals surface area contributed by atoms with Gasteiger partial charge in [-0.2, -0.15) is 0 Å². The van der Waals surface area contributed by atoms with E-state index >= 15 is 0 Å². The first-order valence-electron chi connectivity index (χ1n) is 11.6. The molecular formula is C27H34N2O6S. The number of ether oxygens (including phenoxy) is 2. The minimum Gasteiger partial charge on any atom is -0.506 e. The summed E-state index contributed by atoms with van der Waals surface area (Å²) in [5.74, 6) is 1.09. The van der Waals surface area contributed by atoms with Crippen LogP contribution in [0.5, 0.6) is 17.2 Å². The van der Waals surface area contributed by atoms with Gasteiger partial charge in [0.15, 0.2) is 11.5 Å². The Kier molecular flexibility index (Phi) is 9.19. The molecule has 36 heavy (non-hydrogen) atoms. The number of aliphatic hydroxyl groups excluding tert-OH is 1. The first-order valence-corrected chi connectivity index (χ1v) is 13.5. The minimum atomic E-state index is -3.55. The molecule has 8 nitrogen and oxygen atoms in total. The largest absolute Gasteiger partial charge is 0.506 e. The van der Waals surface area contributed by atoms with E-state index in [-0.39, 0.29) is 23.9 Å². The molecule has 2 atom stereocenters. The van der Waals surface area contributed by atoms with Gasteiger partial charge in [0.05, 0.1) is 32.3 Å². The zero-order valence-electron chi connectivity index (χ0n) is 21.0. The molecule has 0 bridgehead atoms. The van der Waals surface area contributed by atoms with Gasteiger partial charge in [-0.1, -0.05) is 36.4 Å². The second kappa shape index (κ2) is 12.1. The smallest absolute Gasteiger partial charge is 0.229 e. The quantitative estimate of drug-likeness (QED) is 0.273. The molecule has 0 fully saturated rings. The molecule has 0 amide bonds. The molecule has 0 unspecified atom stereocenters. The first kappa shape index (κ1) is 27.3. The molecule has 3 rings (SSSR count). The van der Waals surface area contributed by atoms with E-state index in [1.807, 2.05) is 30.3 Å². The Balaban J connectivity index is 1.77. The van der Waals surface area contributed by atoms with Crippen LogP contribution in [0.2, 0.25) is 0 Å². The number of nitrogens with one attached hydrogen (secondary N) is 2. The van der Waals surface area contributed by atoms with Crippen LogP contribution in [0.1, 0.15) is 28.3 Å². The number of anilines is 1. The number of rotatable bonds is 12. The topological polar surface area (TPSA) is 117 Å². The Morgan fingerprint density at radius 1 is 0.944 bits per heavy atom. The SMILES string of the molecule is COc1ccc([C@@H](Cc2ccccc2C)NC[C@@H](O)Cc2ccc(O)c(NS(C)(=O)=O)c2)cc1OC. The number of phenolic OH excluding ortho intramolecular Hbond substituents is 1. The normalized spacial score (nSPS) is 13.1. The van der Waals surface area contributed by atoms with Crippen LogP contribution in [0.3, 0.4) is 0 Å². The lowest BCUT2D eigenvalue weighted by Crippen LogP contribution is -2.33. The molecule has 0 saturated carbocycles. The third kappa shape index (κ3) is 7.61. The third-order valence-corrected chi connectivity index (χ3v) is 6.51. The van der Waals surface area contributed by atoms with E-state index < -0.39 is 16.1 Å². The van der Waals surface area contributed by atoms with Crippen molar-refractivity contribution in [1.82, 2.24) is 5.32 Å². The Hall–Kier alpha value is -3.27. The number of hydrogen-bond donors (Lipinski definition) is 4. The average Bonchev–Trinajstić information content (AvgIpc) is 2.83. The highest BCUT2D eigenvalue weighted by Gasteiger charge is 2.18. The Morgan fingerprint density at radius 2 is 1.67 bits per heavy atom. The van der Waals surface area contributed by atoms with Crippen LogP contribution < -0.4 is 19.5 Å². The molecule has 3 aromatic rings.